The molecule has 0 spiro atoms. The van der Waals surface area contributed by atoms with Crippen molar-refractivity contribution in [1.82, 2.24) is 0 Å². The van der Waals surface area contributed by atoms with E-state index in [1.807, 2.05) is 43.3 Å². The van der Waals surface area contributed by atoms with Crippen LogP contribution in [0.4, 0.5) is 0 Å². The molecular formula is C42H66BrNO6Si. The van der Waals surface area contributed by atoms with Crippen LogP contribution >= 0.6 is 15.9 Å². The highest BCUT2D eigenvalue weighted by Gasteiger charge is 2.42. The maximum absolute atomic E-state index is 14.0. The third-order valence-electron chi connectivity index (χ3n) is 10.9. The topological polar surface area (TPSA) is 94.9 Å². The fourth-order valence-corrected chi connectivity index (χ4v) is 8.75. The molecule has 1 aromatic carbocycles. The van der Waals surface area contributed by atoms with E-state index in [9.17, 15) is 9.59 Å². The molecule has 2 rings (SSSR count). The Morgan fingerprint density at radius 3 is 2.33 bits per heavy atom. The van der Waals surface area contributed by atoms with E-state index in [0.717, 1.165) is 56.1 Å². The standard InChI is InChI=1S/C42H66BrNO6Si/c1-30(23-32(3)27-45)22-31(2)24-33(4)40(50-51(9,10)42(5,6)7)25-41(46)49-39(17-12-11-15-36(43)26-44)38-16-13-14-35(38)29-48-28-34-18-20-37(47-8)21-19-34/h11-12,15,18-21,27,30-33,35,38-40H,13-14,16-17,22-25,28-29H2,1-10H3/b12-11+,36-15+/t30-,31+,32+,33+,35+,38-,39+,40+/m1/s1. The van der Waals surface area contributed by atoms with Crippen LogP contribution in [0.3, 0.4) is 0 Å². The van der Waals surface area contributed by atoms with Gasteiger partial charge in [0.15, 0.2) is 8.32 Å². The second-order valence-corrected chi connectivity index (χ2v) is 22.3. The highest BCUT2D eigenvalue weighted by molar-refractivity contribution is 9.12. The molecule has 0 saturated heterocycles. The molecule has 1 saturated carbocycles. The molecule has 0 heterocycles. The summed E-state index contributed by atoms with van der Waals surface area (Å²) in [5.74, 6) is 2.17. The van der Waals surface area contributed by atoms with Gasteiger partial charge in [0, 0.05) is 18.3 Å². The number of carbonyl (C=O) groups is 2. The number of hydrogen-bond acceptors (Lipinski definition) is 7. The largest absolute Gasteiger partial charge is 0.497 e. The number of nitrogens with zero attached hydrogens (tertiary/aromatic N) is 1. The van der Waals surface area contributed by atoms with Crippen molar-refractivity contribution in [3.05, 3.63) is 52.5 Å². The third-order valence-corrected chi connectivity index (χ3v) is 15.9. The van der Waals surface area contributed by atoms with E-state index in [4.69, 9.17) is 23.9 Å². The maximum atomic E-state index is 14.0. The van der Waals surface area contributed by atoms with E-state index >= 15 is 0 Å². The molecule has 0 amide bonds. The Hall–Kier alpha value is -2.25. The lowest BCUT2D eigenvalue weighted by Crippen LogP contribution is -2.46. The summed E-state index contributed by atoms with van der Waals surface area (Å²) in [5.41, 5.74) is 1.09. The second kappa shape index (κ2) is 22.1. The Bertz CT molecular complexity index is 1300. The van der Waals surface area contributed by atoms with Crippen molar-refractivity contribution in [2.75, 3.05) is 13.7 Å². The maximum Gasteiger partial charge on any atom is 0.308 e. The third kappa shape index (κ3) is 16.1. The molecule has 9 heteroatoms. The first-order valence-electron chi connectivity index (χ1n) is 18.9. The number of esters is 1. The number of rotatable bonds is 22. The predicted octanol–water partition coefficient (Wildman–Crippen LogP) is 11.0. The summed E-state index contributed by atoms with van der Waals surface area (Å²) in [6.07, 6.45) is 12.8. The number of aldehydes is 1. The zero-order valence-electron chi connectivity index (χ0n) is 33.1. The van der Waals surface area contributed by atoms with Gasteiger partial charge in [-0.05, 0) is 114 Å². The summed E-state index contributed by atoms with van der Waals surface area (Å²) in [4.78, 5) is 25.2. The van der Waals surface area contributed by atoms with Crippen LogP contribution in [0.1, 0.15) is 105 Å². The number of methoxy groups -OCH3 is 1. The molecule has 1 aliphatic rings. The van der Waals surface area contributed by atoms with Gasteiger partial charge in [-0.25, -0.2) is 0 Å². The Balaban J connectivity index is 2.22. The molecule has 0 radical (unpaired) electrons. The summed E-state index contributed by atoms with van der Waals surface area (Å²) in [7, 11) is -0.531. The average Bonchev–Trinajstić information content (AvgIpc) is 3.53. The number of halogens is 1. The van der Waals surface area contributed by atoms with Crippen LogP contribution in [0, 0.1) is 46.8 Å². The lowest BCUT2D eigenvalue weighted by atomic mass is 9.84. The van der Waals surface area contributed by atoms with Crippen molar-refractivity contribution < 1.29 is 28.2 Å². The van der Waals surface area contributed by atoms with E-state index in [2.05, 4.69) is 76.6 Å². The minimum atomic E-state index is -2.19. The van der Waals surface area contributed by atoms with Gasteiger partial charge in [0.2, 0.25) is 0 Å². The van der Waals surface area contributed by atoms with Gasteiger partial charge in [0.25, 0.3) is 0 Å². The van der Waals surface area contributed by atoms with Gasteiger partial charge in [-0.2, -0.15) is 5.26 Å². The van der Waals surface area contributed by atoms with Crippen molar-refractivity contribution in [3.8, 4) is 11.8 Å². The first kappa shape index (κ1) is 44.9. The number of nitriles is 1. The molecule has 0 unspecified atom stereocenters. The molecule has 8 atom stereocenters. The first-order chi connectivity index (χ1) is 24.0. The number of ether oxygens (including phenoxy) is 3. The van der Waals surface area contributed by atoms with E-state index in [0.29, 0.717) is 36.0 Å². The minimum absolute atomic E-state index is 0.00140. The second-order valence-electron chi connectivity index (χ2n) is 16.7. The summed E-state index contributed by atoms with van der Waals surface area (Å²) in [5, 5.41) is 9.15. The lowest BCUT2D eigenvalue weighted by Gasteiger charge is -2.41. The molecule has 51 heavy (non-hydrogen) atoms. The molecule has 0 N–H and O–H groups in total. The zero-order chi connectivity index (χ0) is 38.2. The monoisotopic (exact) mass is 787 g/mol. The molecule has 7 nitrogen and oxygen atoms in total. The molecular weight excluding hydrogens is 722 g/mol. The van der Waals surface area contributed by atoms with E-state index < -0.39 is 8.32 Å². The molecule has 1 aliphatic carbocycles. The highest BCUT2D eigenvalue weighted by atomic mass is 79.9. The van der Waals surface area contributed by atoms with Crippen LogP contribution < -0.4 is 4.74 Å². The van der Waals surface area contributed by atoms with Gasteiger partial charge in [-0.1, -0.05) is 79.2 Å². The Kier molecular flexibility index (Phi) is 19.4. The van der Waals surface area contributed by atoms with Crippen molar-refractivity contribution >= 4 is 36.5 Å². The van der Waals surface area contributed by atoms with Crippen LogP contribution in [-0.2, 0) is 30.1 Å². The lowest BCUT2D eigenvalue weighted by molar-refractivity contribution is -0.155. The predicted molar refractivity (Wildman–Crippen MR) is 213 cm³/mol. The molecule has 0 bridgehead atoms. The first-order valence-corrected chi connectivity index (χ1v) is 22.6. The summed E-state index contributed by atoms with van der Waals surface area (Å²) in [6.45, 7) is 21.0. The van der Waals surface area contributed by atoms with Crippen LogP contribution in [-0.4, -0.2) is 46.5 Å². The van der Waals surface area contributed by atoms with Crippen LogP contribution in [0.15, 0.2) is 47.0 Å². The number of allylic oxidation sites excluding steroid dienone is 3. The molecule has 0 aromatic heterocycles. The fourth-order valence-electron chi connectivity index (χ4n) is 7.18. The van der Waals surface area contributed by atoms with Gasteiger partial charge < -0.3 is 23.4 Å². The normalized spacial score (nSPS) is 20.6. The highest BCUT2D eigenvalue weighted by Crippen LogP contribution is 2.40. The summed E-state index contributed by atoms with van der Waals surface area (Å²) >= 11 is 3.25. The van der Waals surface area contributed by atoms with Gasteiger partial charge >= 0.3 is 5.97 Å². The van der Waals surface area contributed by atoms with Crippen LogP contribution in [0.25, 0.3) is 0 Å². The molecule has 1 fully saturated rings. The average molecular weight is 789 g/mol. The number of benzene rings is 1. The Morgan fingerprint density at radius 2 is 1.73 bits per heavy atom. The fraction of sp³-hybridized carbons (Fsp3) is 0.690. The molecule has 0 aliphatic heterocycles. The minimum Gasteiger partial charge on any atom is -0.497 e. The molecule has 1 aromatic rings. The van der Waals surface area contributed by atoms with Crippen LogP contribution in [0.2, 0.25) is 18.1 Å². The Morgan fingerprint density at radius 1 is 1.06 bits per heavy atom. The van der Waals surface area contributed by atoms with Gasteiger partial charge in [0.1, 0.15) is 24.2 Å². The smallest absolute Gasteiger partial charge is 0.308 e. The summed E-state index contributed by atoms with van der Waals surface area (Å²) in [6, 6.07) is 10.0. The van der Waals surface area contributed by atoms with E-state index in [-0.39, 0.29) is 53.3 Å². The quantitative estimate of drug-likeness (QED) is 0.0380. The van der Waals surface area contributed by atoms with Crippen molar-refractivity contribution in [3.63, 3.8) is 0 Å². The van der Waals surface area contributed by atoms with Crippen molar-refractivity contribution in [2.24, 2.45) is 35.5 Å². The Labute approximate surface area is 319 Å². The SMILES string of the molecule is COc1ccc(COC[C@@H]2CCC[C@H]2[C@H](C/C=C/C=C(/Br)C#N)OC(=O)C[C@H](O[Si](C)(C)C(C)(C)C)[C@@H](C)C[C@@H](C)C[C@@H](C)C[C@H](C)C=O)cc1. The van der Waals surface area contributed by atoms with E-state index in [1.54, 1.807) is 13.2 Å². The zero-order valence-corrected chi connectivity index (χ0v) is 35.7. The number of hydrogen-bond donors (Lipinski definition) is 0. The van der Waals surface area contributed by atoms with Crippen LogP contribution in [0.5, 0.6) is 5.75 Å². The van der Waals surface area contributed by atoms with E-state index in [1.165, 1.54) is 0 Å². The molecule has 286 valence electrons. The van der Waals surface area contributed by atoms with Crippen molar-refractivity contribution in [2.45, 2.75) is 137 Å². The van der Waals surface area contributed by atoms with Gasteiger partial charge in [-0.15, -0.1) is 0 Å². The summed E-state index contributed by atoms with van der Waals surface area (Å²) < 4.78 is 25.4. The van der Waals surface area contributed by atoms with Gasteiger partial charge in [0.05, 0.1) is 37.3 Å². The number of carbonyl (C=O) groups excluding carboxylic acids is 2. The van der Waals surface area contributed by atoms with Crippen molar-refractivity contribution in [1.29, 1.82) is 5.26 Å². The van der Waals surface area contributed by atoms with Gasteiger partial charge in [-0.3, -0.25) is 4.79 Å².